The molecule has 0 saturated heterocycles. The van der Waals surface area contributed by atoms with E-state index in [1.807, 2.05) is 6.07 Å². The van der Waals surface area contributed by atoms with Crippen LogP contribution in [0.1, 0.15) is 0 Å². The number of anilines is 1. The summed E-state index contributed by atoms with van der Waals surface area (Å²) < 4.78 is 0.364. The van der Waals surface area contributed by atoms with Crippen LogP contribution in [0.3, 0.4) is 0 Å². The van der Waals surface area contributed by atoms with E-state index >= 15 is 0 Å². The molecule has 1 radical (unpaired) electrons. The number of rotatable bonds is 5. The quantitative estimate of drug-likeness (QED) is 0.381. The molecule has 8 heteroatoms. The third kappa shape index (κ3) is 3.27. The fraction of sp³-hybridized carbons (Fsp3) is 0.462. The Hall–Kier alpha value is -0.991. The molecule has 0 bridgehead atoms. The Balaban J connectivity index is 2.18. The summed E-state index contributed by atoms with van der Waals surface area (Å²) in [6.07, 6.45) is -5.82. The fourth-order valence-electron chi connectivity index (χ4n) is 2.16. The Bertz CT molecular complexity index is 501. The zero-order valence-corrected chi connectivity index (χ0v) is 12.7. The molecule has 0 fully saturated rings. The molecule has 0 aliphatic carbocycles. The van der Waals surface area contributed by atoms with Crippen molar-refractivity contribution in [1.29, 1.82) is 0 Å². The van der Waals surface area contributed by atoms with Gasteiger partial charge < -0.3 is 0 Å². The Morgan fingerprint density at radius 2 is 1.81 bits per heavy atom. The molecule has 1 heterocycles. The molecule has 1 aliphatic heterocycles. The number of hydrogen-bond donors (Lipinski definition) is 5. The Morgan fingerprint density at radius 1 is 1.19 bits per heavy atom. The molecule has 0 amide bonds. The molecule has 1 aromatic carbocycles. The molecule has 0 spiro atoms. The van der Waals surface area contributed by atoms with E-state index < -0.39 is 37.2 Å². The number of para-hydroxylation sites is 1. The second-order valence-corrected chi connectivity index (χ2v) is 5.52. The van der Waals surface area contributed by atoms with Crippen molar-refractivity contribution in [1.82, 2.24) is 0 Å². The van der Waals surface area contributed by atoms with E-state index in [2.05, 4.69) is 21.0 Å². The van der Waals surface area contributed by atoms with Crippen molar-refractivity contribution in [2.75, 3.05) is 11.5 Å². The van der Waals surface area contributed by atoms with E-state index in [0.29, 0.717) is 10.4 Å². The SMILES string of the molecule is OC[C@@H](O)[C@@H](O)[C@H](O)[C@@H]1N=C([Se])N(c2ccccc2)[C@H]1O. The number of aliphatic hydroxyl groups excluding tert-OH is 5. The van der Waals surface area contributed by atoms with Gasteiger partial charge in [0.1, 0.15) is 0 Å². The van der Waals surface area contributed by atoms with Crippen molar-refractivity contribution in [2.45, 2.75) is 30.6 Å². The second-order valence-electron chi connectivity index (χ2n) is 4.75. The van der Waals surface area contributed by atoms with Gasteiger partial charge in [-0.1, -0.05) is 0 Å². The molecule has 0 unspecified atom stereocenters. The topological polar surface area (TPSA) is 117 Å². The van der Waals surface area contributed by atoms with Crippen LogP contribution >= 0.6 is 0 Å². The summed E-state index contributed by atoms with van der Waals surface area (Å²) in [4.78, 5) is 5.58. The maximum absolute atomic E-state index is 10.3. The molecular weight excluding hydrogens is 343 g/mol. The summed E-state index contributed by atoms with van der Waals surface area (Å²) in [5.41, 5.74) is 0.675. The van der Waals surface area contributed by atoms with Gasteiger partial charge in [0.25, 0.3) is 0 Å². The van der Waals surface area contributed by atoms with Gasteiger partial charge in [-0.2, -0.15) is 0 Å². The van der Waals surface area contributed by atoms with E-state index in [0.717, 1.165) is 0 Å². The van der Waals surface area contributed by atoms with Crippen LogP contribution in [0.4, 0.5) is 5.69 Å². The van der Waals surface area contributed by atoms with Gasteiger partial charge in [0.05, 0.1) is 0 Å². The molecule has 5 N–H and O–H groups in total. The molecule has 2 rings (SSSR count). The van der Waals surface area contributed by atoms with Crippen LogP contribution in [0.2, 0.25) is 0 Å². The summed E-state index contributed by atoms with van der Waals surface area (Å²) in [6.45, 7) is -0.696. The number of benzene rings is 1. The number of nitrogens with zero attached hydrogens (tertiary/aromatic N) is 2. The predicted molar refractivity (Wildman–Crippen MR) is 77.0 cm³/mol. The molecule has 7 nitrogen and oxygen atoms in total. The molecule has 1 aromatic rings. The first kappa shape index (κ1) is 16.4. The first-order valence-corrected chi connectivity index (χ1v) is 7.25. The number of aliphatic hydroxyl groups is 5. The van der Waals surface area contributed by atoms with Crippen LogP contribution in [-0.4, -0.2) is 83.5 Å². The van der Waals surface area contributed by atoms with Gasteiger partial charge >= 0.3 is 129 Å². The third-order valence-electron chi connectivity index (χ3n) is 3.35. The van der Waals surface area contributed by atoms with Crippen LogP contribution in [0, 0.1) is 0 Å². The Morgan fingerprint density at radius 3 is 2.38 bits per heavy atom. The van der Waals surface area contributed by atoms with Crippen molar-refractivity contribution in [3.63, 3.8) is 0 Å². The average Bonchev–Trinajstić information content (AvgIpc) is 2.80. The maximum atomic E-state index is 10.3. The molecule has 21 heavy (non-hydrogen) atoms. The van der Waals surface area contributed by atoms with Crippen molar-refractivity contribution < 1.29 is 25.5 Å². The minimum atomic E-state index is -1.61. The molecule has 1 aliphatic rings. The van der Waals surface area contributed by atoms with Crippen molar-refractivity contribution in [3.8, 4) is 0 Å². The second kappa shape index (κ2) is 6.85. The molecule has 115 valence electrons. The first-order chi connectivity index (χ1) is 9.97. The summed E-state index contributed by atoms with van der Waals surface area (Å²) in [7, 11) is 0. The Kier molecular flexibility index (Phi) is 5.34. The zero-order chi connectivity index (χ0) is 15.6. The van der Waals surface area contributed by atoms with Gasteiger partial charge in [0.15, 0.2) is 0 Å². The molecule has 0 saturated carbocycles. The van der Waals surface area contributed by atoms with Gasteiger partial charge in [-0.25, -0.2) is 0 Å². The van der Waals surface area contributed by atoms with Crippen LogP contribution in [0.5, 0.6) is 0 Å². The van der Waals surface area contributed by atoms with Gasteiger partial charge in [0.2, 0.25) is 0 Å². The van der Waals surface area contributed by atoms with Crippen LogP contribution in [0.15, 0.2) is 35.3 Å². The third-order valence-corrected chi connectivity index (χ3v) is 3.98. The number of aliphatic imine (C=N–C) groups is 1. The Labute approximate surface area is 130 Å². The number of hydrogen-bond acceptors (Lipinski definition) is 7. The number of amidine groups is 1. The van der Waals surface area contributed by atoms with Crippen molar-refractivity contribution >= 4 is 26.4 Å². The van der Waals surface area contributed by atoms with Gasteiger partial charge in [-0.15, -0.1) is 0 Å². The summed E-state index contributed by atoms with van der Waals surface area (Å²) in [5, 5.41) is 48.3. The van der Waals surface area contributed by atoms with Crippen molar-refractivity contribution in [3.05, 3.63) is 30.3 Å². The normalized spacial score (nSPS) is 26.3. The van der Waals surface area contributed by atoms with Crippen molar-refractivity contribution in [2.24, 2.45) is 4.99 Å². The minimum absolute atomic E-state index is 0.364. The van der Waals surface area contributed by atoms with E-state index in [9.17, 15) is 20.4 Å². The van der Waals surface area contributed by atoms with Crippen LogP contribution < -0.4 is 4.90 Å². The van der Waals surface area contributed by atoms with E-state index in [4.69, 9.17) is 5.11 Å². The van der Waals surface area contributed by atoms with Gasteiger partial charge in [0, 0.05) is 0 Å². The van der Waals surface area contributed by atoms with E-state index in [1.54, 1.807) is 24.3 Å². The molecule has 5 atom stereocenters. The first-order valence-electron chi connectivity index (χ1n) is 6.39. The van der Waals surface area contributed by atoms with Crippen LogP contribution in [-0.2, 0) is 0 Å². The van der Waals surface area contributed by atoms with E-state index in [-0.39, 0.29) is 0 Å². The van der Waals surface area contributed by atoms with Gasteiger partial charge in [-0.05, 0) is 0 Å². The van der Waals surface area contributed by atoms with Crippen LogP contribution in [0.25, 0.3) is 0 Å². The summed E-state index contributed by atoms with van der Waals surface area (Å²) >= 11 is 2.70. The predicted octanol–water partition coefficient (Wildman–Crippen LogP) is -2.21. The molecule has 0 aromatic heterocycles. The van der Waals surface area contributed by atoms with E-state index in [1.165, 1.54) is 4.90 Å². The standard InChI is InChI=1S/C13H17N2O5Se/c16-6-8(17)10(18)11(19)9-12(20)15(13(21)14-9)7-4-2-1-3-5-7/h1-5,8-12,16-20H,6H2/t8-,9+,10-,11-,12+/m1/s1. The average molecular weight is 360 g/mol. The summed E-state index contributed by atoms with van der Waals surface area (Å²) in [6, 6.07) is 7.91. The zero-order valence-electron chi connectivity index (χ0n) is 11.0. The summed E-state index contributed by atoms with van der Waals surface area (Å²) in [5.74, 6) is 0. The molecular formula is C13H17N2O5Se. The fourth-order valence-corrected chi connectivity index (χ4v) is 2.87. The van der Waals surface area contributed by atoms with Gasteiger partial charge in [-0.3, -0.25) is 0 Å². The monoisotopic (exact) mass is 361 g/mol.